The molecule has 0 bridgehead atoms. The number of nitrogens with zero attached hydrogens (tertiary/aromatic N) is 2. The molecule has 2 heterocycles. The molecule has 1 atom stereocenters. The van der Waals surface area contributed by atoms with Gasteiger partial charge in [-0.05, 0) is 25.3 Å². The molecule has 0 saturated heterocycles. The number of hydrogen-bond donors (Lipinski definition) is 2. The topological polar surface area (TPSA) is 90.0 Å². The van der Waals surface area contributed by atoms with Gasteiger partial charge in [0, 0.05) is 35.8 Å². The van der Waals surface area contributed by atoms with Crippen molar-refractivity contribution in [2.75, 3.05) is 5.32 Å². The lowest BCUT2D eigenvalue weighted by atomic mass is 9.99. The number of carbonyl (C=O) groups is 1. The minimum Gasteiger partial charge on any atom is -0.327 e. The van der Waals surface area contributed by atoms with Crippen LogP contribution in [0.3, 0.4) is 0 Å². The Hall–Kier alpha value is -1.70. The lowest BCUT2D eigenvalue weighted by Gasteiger charge is -2.15. The number of amides is 1. The van der Waals surface area contributed by atoms with Crippen LogP contribution < -0.4 is 16.6 Å². The van der Waals surface area contributed by atoms with Crippen molar-refractivity contribution in [3.05, 3.63) is 44.8 Å². The van der Waals surface area contributed by atoms with Gasteiger partial charge >= 0.3 is 0 Å². The maximum atomic E-state index is 12.1. The Morgan fingerprint density at radius 2 is 2.32 bits per heavy atom. The first-order valence-corrected chi connectivity index (χ1v) is 7.57. The normalized spacial score (nSPS) is 16.5. The van der Waals surface area contributed by atoms with Crippen LogP contribution in [0.2, 0.25) is 0 Å². The van der Waals surface area contributed by atoms with Gasteiger partial charge in [-0.2, -0.15) is 0 Å². The summed E-state index contributed by atoms with van der Waals surface area (Å²) in [6, 6.07) is 3.11. The summed E-state index contributed by atoms with van der Waals surface area (Å²) in [5.74, 6) is -0.317. The number of pyridine rings is 1. The Morgan fingerprint density at radius 1 is 1.55 bits per heavy atom. The largest absolute Gasteiger partial charge is 0.327 e. The number of carbonyl (C=O) groups excluding carboxylic acids is 1. The fourth-order valence-electron chi connectivity index (χ4n) is 2.31. The molecule has 1 amide bonds. The number of anilines is 1. The van der Waals surface area contributed by atoms with Gasteiger partial charge in [-0.15, -0.1) is 23.7 Å². The molecule has 0 aromatic carbocycles. The summed E-state index contributed by atoms with van der Waals surface area (Å²) in [4.78, 5) is 29.3. The zero-order chi connectivity index (χ0) is 15.0. The lowest BCUT2D eigenvalue weighted by Crippen LogP contribution is -2.27. The fraction of sp³-hybridized carbons (Fsp3) is 0.357. The molecule has 0 radical (unpaired) electrons. The highest BCUT2D eigenvalue weighted by atomic mass is 35.5. The molecule has 2 aromatic rings. The zero-order valence-electron chi connectivity index (χ0n) is 12.0. The molecule has 0 fully saturated rings. The van der Waals surface area contributed by atoms with E-state index in [4.69, 9.17) is 5.73 Å². The standard InChI is InChI=1S/C14H16N4O2S.ClH/c1-18-5-4-8(6-12(18)19)13(20)17-14-16-10-3-2-9(15)7-11(10)21-14;/h4-6,9H,2-3,7,15H2,1H3,(H,16,17,20);1H/t9-;/m0./s1. The number of nitrogens with one attached hydrogen (secondary N) is 1. The maximum Gasteiger partial charge on any atom is 0.257 e. The Morgan fingerprint density at radius 3 is 3.05 bits per heavy atom. The zero-order valence-corrected chi connectivity index (χ0v) is 13.7. The Kier molecular flexibility index (Phi) is 5.00. The Balaban J connectivity index is 0.00000176. The second kappa shape index (κ2) is 6.60. The van der Waals surface area contributed by atoms with E-state index < -0.39 is 0 Å². The molecule has 118 valence electrons. The summed E-state index contributed by atoms with van der Waals surface area (Å²) in [6.07, 6.45) is 4.17. The average molecular weight is 341 g/mol. The minimum atomic E-state index is -0.317. The molecule has 3 N–H and O–H groups in total. The minimum absolute atomic E-state index is 0. The van der Waals surface area contributed by atoms with E-state index in [2.05, 4.69) is 10.3 Å². The molecule has 0 saturated carbocycles. The van der Waals surface area contributed by atoms with Crippen molar-refractivity contribution in [3.63, 3.8) is 0 Å². The van der Waals surface area contributed by atoms with Crippen LogP contribution >= 0.6 is 23.7 Å². The molecule has 0 unspecified atom stereocenters. The van der Waals surface area contributed by atoms with Gasteiger partial charge in [0.05, 0.1) is 5.69 Å². The predicted octanol–water partition coefficient (Wildman–Crippen LogP) is 1.33. The molecule has 3 rings (SSSR count). The highest BCUT2D eigenvalue weighted by Gasteiger charge is 2.21. The third kappa shape index (κ3) is 3.37. The van der Waals surface area contributed by atoms with Gasteiger partial charge in [-0.3, -0.25) is 14.9 Å². The summed E-state index contributed by atoms with van der Waals surface area (Å²) in [6.45, 7) is 0. The fourth-order valence-corrected chi connectivity index (χ4v) is 3.41. The molecular formula is C14H17ClN4O2S. The molecule has 8 heteroatoms. The van der Waals surface area contributed by atoms with Gasteiger partial charge < -0.3 is 10.3 Å². The van der Waals surface area contributed by atoms with Gasteiger partial charge in [0.2, 0.25) is 0 Å². The van der Waals surface area contributed by atoms with Crippen molar-refractivity contribution in [2.45, 2.75) is 25.3 Å². The first-order chi connectivity index (χ1) is 10.0. The quantitative estimate of drug-likeness (QED) is 0.863. The summed E-state index contributed by atoms with van der Waals surface area (Å²) < 4.78 is 1.42. The van der Waals surface area contributed by atoms with Crippen LogP contribution in [0.25, 0.3) is 0 Å². The van der Waals surface area contributed by atoms with Crippen molar-refractivity contribution >= 4 is 34.8 Å². The highest BCUT2D eigenvalue weighted by molar-refractivity contribution is 7.15. The Bertz CT molecular complexity index is 756. The lowest BCUT2D eigenvalue weighted by molar-refractivity contribution is 0.102. The van der Waals surface area contributed by atoms with E-state index in [1.54, 1.807) is 19.3 Å². The van der Waals surface area contributed by atoms with Gasteiger partial charge in [-0.1, -0.05) is 0 Å². The van der Waals surface area contributed by atoms with E-state index in [1.807, 2.05) is 0 Å². The number of rotatable bonds is 2. The van der Waals surface area contributed by atoms with E-state index in [1.165, 1.54) is 22.0 Å². The van der Waals surface area contributed by atoms with E-state index >= 15 is 0 Å². The van der Waals surface area contributed by atoms with Crippen molar-refractivity contribution in [3.8, 4) is 0 Å². The second-order valence-electron chi connectivity index (χ2n) is 5.21. The van der Waals surface area contributed by atoms with E-state index in [-0.39, 0.29) is 29.9 Å². The number of hydrogen-bond acceptors (Lipinski definition) is 5. The first kappa shape index (κ1) is 16.7. The third-order valence-corrected chi connectivity index (χ3v) is 4.60. The third-order valence-electron chi connectivity index (χ3n) is 3.56. The predicted molar refractivity (Wildman–Crippen MR) is 89.0 cm³/mol. The van der Waals surface area contributed by atoms with Crippen LogP contribution in [-0.2, 0) is 19.9 Å². The van der Waals surface area contributed by atoms with Gasteiger partial charge in [-0.25, -0.2) is 4.98 Å². The smallest absolute Gasteiger partial charge is 0.257 e. The number of halogens is 1. The van der Waals surface area contributed by atoms with Crippen LogP contribution in [0.5, 0.6) is 0 Å². The number of aryl methyl sites for hydroxylation is 2. The molecule has 6 nitrogen and oxygen atoms in total. The number of aromatic nitrogens is 2. The van der Waals surface area contributed by atoms with E-state index in [0.717, 1.165) is 29.8 Å². The summed E-state index contributed by atoms with van der Waals surface area (Å²) in [5, 5.41) is 3.33. The SMILES string of the molecule is Cl.Cn1ccc(C(=O)Nc2nc3c(s2)C[C@@H](N)CC3)cc1=O. The summed E-state index contributed by atoms with van der Waals surface area (Å²) >= 11 is 1.46. The summed E-state index contributed by atoms with van der Waals surface area (Å²) in [7, 11) is 1.64. The first-order valence-electron chi connectivity index (χ1n) is 6.75. The van der Waals surface area contributed by atoms with Crippen LogP contribution in [0.15, 0.2) is 23.1 Å². The maximum absolute atomic E-state index is 12.1. The molecule has 1 aliphatic carbocycles. The van der Waals surface area contributed by atoms with Crippen molar-refractivity contribution < 1.29 is 4.79 Å². The molecular weight excluding hydrogens is 324 g/mol. The van der Waals surface area contributed by atoms with Gasteiger partial charge in [0.1, 0.15) is 0 Å². The van der Waals surface area contributed by atoms with E-state index in [9.17, 15) is 9.59 Å². The van der Waals surface area contributed by atoms with Gasteiger partial charge in [0.15, 0.2) is 5.13 Å². The van der Waals surface area contributed by atoms with Crippen molar-refractivity contribution in [2.24, 2.45) is 12.8 Å². The molecule has 2 aromatic heterocycles. The van der Waals surface area contributed by atoms with Crippen LogP contribution in [0.4, 0.5) is 5.13 Å². The number of fused-ring (bicyclic) bond motifs is 1. The van der Waals surface area contributed by atoms with Crippen molar-refractivity contribution in [1.82, 2.24) is 9.55 Å². The van der Waals surface area contributed by atoms with Crippen LogP contribution in [0, 0.1) is 0 Å². The number of thiazole rings is 1. The van der Waals surface area contributed by atoms with E-state index in [0.29, 0.717) is 10.7 Å². The average Bonchev–Trinajstić information content (AvgIpc) is 2.83. The van der Waals surface area contributed by atoms with Crippen LogP contribution in [0.1, 0.15) is 27.3 Å². The number of nitrogens with two attached hydrogens (primary N) is 1. The summed E-state index contributed by atoms with van der Waals surface area (Å²) in [5.41, 5.74) is 7.09. The van der Waals surface area contributed by atoms with Gasteiger partial charge in [0.25, 0.3) is 11.5 Å². The monoisotopic (exact) mass is 340 g/mol. The highest BCUT2D eigenvalue weighted by Crippen LogP contribution is 2.29. The molecule has 22 heavy (non-hydrogen) atoms. The molecule has 0 aliphatic heterocycles. The second-order valence-corrected chi connectivity index (χ2v) is 6.29. The molecule has 0 spiro atoms. The Labute approximate surface area is 137 Å². The van der Waals surface area contributed by atoms with Crippen LogP contribution in [-0.4, -0.2) is 21.5 Å². The van der Waals surface area contributed by atoms with Crippen molar-refractivity contribution in [1.29, 1.82) is 0 Å². The molecule has 1 aliphatic rings.